The van der Waals surface area contributed by atoms with Gasteiger partial charge in [-0.1, -0.05) is 18.2 Å². The van der Waals surface area contributed by atoms with Crippen molar-refractivity contribution in [3.05, 3.63) is 47.5 Å². The maximum atomic E-state index is 11.9. The smallest absolute Gasteiger partial charge is 0.340 e. The largest absolute Gasteiger partial charge is 0.493 e. The van der Waals surface area contributed by atoms with Crippen LogP contribution in [-0.2, 0) is 4.74 Å². The van der Waals surface area contributed by atoms with Gasteiger partial charge >= 0.3 is 5.97 Å². The Morgan fingerprint density at radius 1 is 1.00 bits per heavy atom. The zero-order chi connectivity index (χ0) is 16.4. The van der Waals surface area contributed by atoms with Crippen LogP contribution < -0.4 is 19.5 Å². The van der Waals surface area contributed by atoms with E-state index in [-0.39, 0.29) is 5.97 Å². The molecule has 1 N–H and O–H groups in total. The van der Waals surface area contributed by atoms with Gasteiger partial charge in [0.2, 0.25) is 12.0 Å². The van der Waals surface area contributed by atoms with E-state index < -0.39 is 6.23 Å². The Morgan fingerprint density at radius 3 is 2.26 bits per heavy atom. The van der Waals surface area contributed by atoms with E-state index in [2.05, 4.69) is 5.32 Å². The summed E-state index contributed by atoms with van der Waals surface area (Å²) in [6.07, 6.45) is -0.554. The fourth-order valence-electron chi connectivity index (χ4n) is 2.57. The third-order valence-corrected chi connectivity index (χ3v) is 3.65. The summed E-state index contributed by atoms with van der Waals surface area (Å²) >= 11 is 0. The van der Waals surface area contributed by atoms with Gasteiger partial charge in [-0.3, -0.25) is 0 Å². The highest BCUT2D eigenvalue weighted by atomic mass is 16.6. The molecule has 1 atom stereocenters. The van der Waals surface area contributed by atoms with Crippen LogP contribution in [-0.4, -0.2) is 27.3 Å². The van der Waals surface area contributed by atoms with Crippen LogP contribution >= 0.6 is 0 Å². The summed E-state index contributed by atoms with van der Waals surface area (Å²) in [4.78, 5) is 11.9. The lowest BCUT2D eigenvalue weighted by Crippen LogP contribution is -2.10. The highest BCUT2D eigenvalue weighted by Gasteiger charge is 2.30. The Balaban J connectivity index is 1.94. The van der Waals surface area contributed by atoms with E-state index in [9.17, 15) is 4.79 Å². The Labute approximate surface area is 133 Å². The molecule has 0 saturated carbocycles. The lowest BCUT2D eigenvalue weighted by Gasteiger charge is -2.18. The Kier molecular flexibility index (Phi) is 3.97. The summed E-state index contributed by atoms with van der Waals surface area (Å²) in [5.74, 6) is 1.20. The lowest BCUT2D eigenvalue weighted by atomic mass is 10.1. The molecule has 0 aliphatic carbocycles. The van der Waals surface area contributed by atoms with Gasteiger partial charge in [-0.15, -0.1) is 0 Å². The van der Waals surface area contributed by atoms with Gasteiger partial charge in [0.25, 0.3) is 0 Å². The van der Waals surface area contributed by atoms with E-state index in [4.69, 9.17) is 18.9 Å². The molecule has 0 amide bonds. The van der Waals surface area contributed by atoms with Crippen LogP contribution in [0.3, 0.4) is 0 Å². The van der Waals surface area contributed by atoms with Crippen molar-refractivity contribution in [1.29, 1.82) is 0 Å². The van der Waals surface area contributed by atoms with Crippen LogP contribution in [0.4, 0.5) is 5.69 Å². The molecule has 2 aromatic rings. The molecule has 2 aromatic carbocycles. The molecule has 0 saturated heterocycles. The molecule has 0 aromatic heterocycles. The van der Waals surface area contributed by atoms with Gasteiger partial charge in [0.1, 0.15) is 0 Å². The summed E-state index contributed by atoms with van der Waals surface area (Å²) in [6.45, 7) is 0. The van der Waals surface area contributed by atoms with Crippen LogP contribution in [0.2, 0.25) is 0 Å². The summed E-state index contributed by atoms with van der Waals surface area (Å²) in [7, 11) is 4.64. The van der Waals surface area contributed by atoms with Gasteiger partial charge in [0, 0.05) is 23.4 Å². The normalized spacial score (nSPS) is 15.6. The average Bonchev–Trinajstić information content (AvgIpc) is 2.90. The number of carbonyl (C=O) groups excluding carboxylic acids is 1. The van der Waals surface area contributed by atoms with Gasteiger partial charge in [-0.05, 0) is 6.07 Å². The highest BCUT2D eigenvalue weighted by Crippen LogP contribution is 2.41. The first-order valence-electron chi connectivity index (χ1n) is 7.04. The second-order valence-electron chi connectivity index (χ2n) is 4.93. The fraction of sp³-hybridized carbons (Fsp3) is 0.235. The van der Waals surface area contributed by atoms with Crippen LogP contribution in [0.5, 0.6) is 17.2 Å². The second-order valence-corrected chi connectivity index (χ2v) is 4.93. The van der Waals surface area contributed by atoms with Gasteiger partial charge in [-0.2, -0.15) is 0 Å². The molecule has 1 aliphatic rings. The number of benzene rings is 2. The standard InChI is InChI=1S/C17H17NO5/c1-20-13-8-10(9-14(21-2)15(13)22-3)18-16-11-6-4-5-7-12(11)17(19)23-16/h4-9,16,18H,1-3H3. The number of nitrogens with one attached hydrogen (secondary N) is 1. The number of esters is 1. The van der Waals surface area contributed by atoms with Crippen molar-refractivity contribution in [2.24, 2.45) is 0 Å². The Hall–Kier alpha value is -2.89. The third kappa shape index (κ3) is 2.63. The summed E-state index contributed by atoms with van der Waals surface area (Å²) in [6, 6.07) is 10.8. The van der Waals surface area contributed by atoms with E-state index in [1.165, 1.54) is 0 Å². The third-order valence-electron chi connectivity index (χ3n) is 3.65. The molecular formula is C17H17NO5. The number of ether oxygens (including phenoxy) is 4. The van der Waals surface area contributed by atoms with Crippen molar-refractivity contribution < 1.29 is 23.7 Å². The molecule has 0 fully saturated rings. The average molecular weight is 315 g/mol. The molecule has 6 heteroatoms. The molecule has 0 spiro atoms. The molecule has 0 bridgehead atoms. The van der Waals surface area contributed by atoms with E-state index >= 15 is 0 Å². The van der Waals surface area contributed by atoms with Crippen molar-refractivity contribution >= 4 is 11.7 Å². The van der Waals surface area contributed by atoms with Crippen molar-refractivity contribution in [1.82, 2.24) is 0 Å². The minimum absolute atomic E-state index is 0.342. The van der Waals surface area contributed by atoms with Gasteiger partial charge in [0.15, 0.2) is 11.5 Å². The fourth-order valence-corrected chi connectivity index (χ4v) is 2.57. The minimum Gasteiger partial charge on any atom is -0.493 e. The van der Waals surface area contributed by atoms with E-state index in [1.54, 1.807) is 39.5 Å². The van der Waals surface area contributed by atoms with Crippen molar-refractivity contribution in [3.63, 3.8) is 0 Å². The first-order chi connectivity index (χ1) is 11.2. The minimum atomic E-state index is -0.554. The first-order valence-corrected chi connectivity index (χ1v) is 7.04. The van der Waals surface area contributed by atoms with Gasteiger partial charge in [0.05, 0.1) is 26.9 Å². The monoisotopic (exact) mass is 315 g/mol. The van der Waals surface area contributed by atoms with E-state index in [0.717, 1.165) is 5.56 Å². The molecule has 0 radical (unpaired) electrons. The van der Waals surface area contributed by atoms with Crippen LogP contribution in [0.15, 0.2) is 36.4 Å². The maximum Gasteiger partial charge on any atom is 0.340 e. The number of hydrogen-bond acceptors (Lipinski definition) is 6. The summed E-state index contributed by atoms with van der Waals surface area (Å²) < 4.78 is 21.3. The van der Waals surface area contributed by atoms with Gasteiger partial charge < -0.3 is 24.3 Å². The van der Waals surface area contributed by atoms with Crippen molar-refractivity contribution in [2.45, 2.75) is 6.23 Å². The maximum absolute atomic E-state index is 11.9. The van der Waals surface area contributed by atoms with Crippen molar-refractivity contribution in [2.75, 3.05) is 26.6 Å². The van der Waals surface area contributed by atoms with E-state index in [1.807, 2.05) is 18.2 Å². The zero-order valence-electron chi connectivity index (χ0n) is 13.1. The molecule has 23 heavy (non-hydrogen) atoms. The van der Waals surface area contributed by atoms with Crippen LogP contribution in [0, 0.1) is 0 Å². The second kappa shape index (κ2) is 6.08. The molecule has 1 unspecified atom stereocenters. The molecule has 1 aliphatic heterocycles. The Bertz CT molecular complexity index is 719. The summed E-state index contributed by atoms with van der Waals surface area (Å²) in [5, 5.41) is 3.17. The predicted octanol–water partition coefficient (Wildman–Crippen LogP) is 2.99. The number of hydrogen-bond donors (Lipinski definition) is 1. The first kappa shape index (κ1) is 15.0. The topological polar surface area (TPSA) is 66.0 Å². The summed E-state index contributed by atoms with van der Waals surface area (Å²) in [5.41, 5.74) is 2.05. The molecule has 1 heterocycles. The molecule has 6 nitrogen and oxygen atoms in total. The number of rotatable bonds is 5. The van der Waals surface area contributed by atoms with E-state index in [0.29, 0.717) is 28.5 Å². The van der Waals surface area contributed by atoms with Crippen molar-refractivity contribution in [3.8, 4) is 17.2 Å². The number of fused-ring (bicyclic) bond motifs is 1. The predicted molar refractivity (Wildman–Crippen MR) is 84.3 cm³/mol. The van der Waals surface area contributed by atoms with Gasteiger partial charge in [-0.25, -0.2) is 4.79 Å². The SMILES string of the molecule is COc1cc(NC2OC(=O)c3ccccc32)cc(OC)c1OC. The number of anilines is 1. The molecule has 120 valence electrons. The Morgan fingerprint density at radius 2 is 1.65 bits per heavy atom. The quantitative estimate of drug-likeness (QED) is 0.856. The number of cyclic esters (lactones) is 1. The molecular weight excluding hydrogens is 298 g/mol. The van der Waals surface area contributed by atoms with Crippen LogP contribution in [0.25, 0.3) is 0 Å². The highest BCUT2D eigenvalue weighted by molar-refractivity contribution is 5.94. The lowest BCUT2D eigenvalue weighted by molar-refractivity contribution is 0.0437. The zero-order valence-corrected chi connectivity index (χ0v) is 13.1. The molecule has 3 rings (SSSR count). The number of carbonyl (C=O) groups is 1. The number of methoxy groups -OCH3 is 3. The van der Waals surface area contributed by atoms with Crippen LogP contribution in [0.1, 0.15) is 22.1 Å².